The third-order valence-corrected chi connectivity index (χ3v) is 4.65. The van der Waals surface area contributed by atoms with Crippen LogP contribution < -0.4 is 0 Å². The zero-order chi connectivity index (χ0) is 18.9. The van der Waals surface area contributed by atoms with Crippen molar-refractivity contribution in [1.29, 1.82) is 5.26 Å². The predicted molar refractivity (Wildman–Crippen MR) is 107 cm³/mol. The largest absolute Gasteiger partial charge is 0.383 e. The molecule has 0 spiro atoms. The van der Waals surface area contributed by atoms with Gasteiger partial charge in [-0.1, -0.05) is 48.5 Å². The molecule has 0 aliphatic rings. The second kappa shape index (κ2) is 9.72. The van der Waals surface area contributed by atoms with Gasteiger partial charge in [0, 0.05) is 45.2 Å². The summed E-state index contributed by atoms with van der Waals surface area (Å²) in [6, 6.07) is 24.8. The number of rotatable bonds is 9. The molecule has 0 fully saturated rings. The zero-order valence-electron chi connectivity index (χ0n) is 15.7. The van der Waals surface area contributed by atoms with E-state index in [1.807, 2.05) is 30.3 Å². The lowest BCUT2D eigenvalue weighted by Crippen LogP contribution is -2.28. The van der Waals surface area contributed by atoms with Crippen LogP contribution in [0.4, 0.5) is 0 Å². The summed E-state index contributed by atoms with van der Waals surface area (Å²) < 4.78 is 7.58. The summed E-state index contributed by atoms with van der Waals surface area (Å²) in [6.07, 6.45) is 2.13. The quantitative estimate of drug-likeness (QED) is 0.579. The lowest BCUT2D eigenvalue weighted by atomic mass is 10.1. The van der Waals surface area contributed by atoms with E-state index in [4.69, 9.17) is 4.74 Å². The molecule has 2 aromatic carbocycles. The maximum atomic E-state index is 9.37. The molecule has 0 unspecified atom stereocenters. The number of methoxy groups -OCH3 is 1. The third-order valence-electron chi connectivity index (χ3n) is 4.65. The average molecular weight is 359 g/mol. The Morgan fingerprint density at radius 2 is 1.74 bits per heavy atom. The molecule has 27 heavy (non-hydrogen) atoms. The minimum atomic E-state index is 0.661. The minimum absolute atomic E-state index is 0.661. The van der Waals surface area contributed by atoms with E-state index in [9.17, 15) is 5.26 Å². The number of aromatic nitrogens is 1. The minimum Gasteiger partial charge on any atom is -0.383 e. The van der Waals surface area contributed by atoms with E-state index in [1.54, 1.807) is 7.11 Å². The molecule has 4 heteroatoms. The van der Waals surface area contributed by atoms with Crippen molar-refractivity contribution >= 4 is 0 Å². The molecule has 0 aliphatic heterocycles. The van der Waals surface area contributed by atoms with Crippen molar-refractivity contribution in [3.8, 4) is 6.07 Å². The summed E-state index contributed by atoms with van der Waals surface area (Å²) >= 11 is 0. The van der Waals surface area contributed by atoms with Crippen molar-refractivity contribution in [2.45, 2.75) is 19.6 Å². The highest BCUT2D eigenvalue weighted by Crippen LogP contribution is 2.15. The lowest BCUT2D eigenvalue weighted by Gasteiger charge is -2.23. The van der Waals surface area contributed by atoms with Crippen LogP contribution in [0.3, 0.4) is 0 Å². The van der Waals surface area contributed by atoms with E-state index in [1.165, 1.54) is 11.3 Å². The monoisotopic (exact) mass is 359 g/mol. The smallest absolute Gasteiger partial charge is 0.0995 e. The molecule has 4 nitrogen and oxygen atoms in total. The molecule has 0 radical (unpaired) electrons. The molecule has 0 aliphatic carbocycles. The molecule has 3 aromatic rings. The van der Waals surface area contributed by atoms with Gasteiger partial charge in [-0.2, -0.15) is 5.26 Å². The van der Waals surface area contributed by atoms with Crippen molar-refractivity contribution in [2.24, 2.45) is 0 Å². The highest BCUT2D eigenvalue weighted by molar-refractivity contribution is 5.37. The maximum Gasteiger partial charge on any atom is 0.0995 e. The van der Waals surface area contributed by atoms with E-state index in [2.05, 4.69) is 58.1 Å². The highest BCUT2D eigenvalue weighted by atomic mass is 16.5. The van der Waals surface area contributed by atoms with E-state index in [0.29, 0.717) is 6.61 Å². The molecule has 0 saturated carbocycles. The average Bonchev–Trinajstić information content (AvgIpc) is 3.14. The lowest BCUT2D eigenvalue weighted by molar-refractivity contribution is 0.138. The van der Waals surface area contributed by atoms with Gasteiger partial charge < -0.3 is 9.30 Å². The number of ether oxygens (including phenoxy) is 1. The Labute approximate surface area is 161 Å². The number of hydrogen-bond acceptors (Lipinski definition) is 3. The molecule has 138 valence electrons. The van der Waals surface area contributed by atoms with Gasteiger partial charge in [-0.15, -0.1) is 0 Å². The van der Waals surface area contributed by atoms with Crippen molar-refractivity contribution in [3.63, 3.8) is 0 Å². The predicted octanol–water partition coefficient (Wildman–Crippen LogP) is 4.06. The van der Waals surface area contributed by atoms with E-state index in [-0.39, 0.29) is 0 Å². The van der Waals surface area contributed by atoms with Gasteiger partial charge in [0.05, 0.1) is 18.2 Å². The number of nitriles is 1. The van der Waals surface area contributed by atoms with Crippen LogP contribution in [0.5, 0.6) is 0 Å². The first-order chi connectivity index (χ1) is 13.3. The van der Waals surface area contributed by atoms with Crippen molar-refractivity contribution in [1.82, 2.24) is 9.47 Å². The first-order valence-corrected chi connectivity index (χ1v) is 9.17. The molecule has 0 bridgehead atoms. The summed E-state index contributed by atoms with van der Waals surface area (Å²) in [4.78, 5) is 2.33. The number of benzene rings is 2. The first kappa shape index (κ1) is 18.9. The second-order valence-electron chi connectivity index (χ2n) is 6.59. The topological polar surface area (TPSA) is 41.2 Å². The second-order valence-corrected chi connectivity index (χ2v) is 6.59. The molecule has 1 aromatic heterocycles. The summed E-state index contributed by atoms with van der Waals surface area (Å²) in [7, 11) is 1.72. The SMILES string of the molecule is COCCN(Cc1ccccc1C#N)Cc1cccn1Cc1ccccc1. The van der Waals surface area contributed by atoms with Crippen LogP contribution >= 0.6 is 0 Å². The summed E-state index contributed by atoms with van der Waals surface area (Å²) in [6.45, 7) is 3.86. The Bertz CT molecular complexity index is 880. The van der Waals surface area contributed by atoms with Gasteiger partial charge >= 0.3 is 0 Å². The molecular formula is C23H25N3O. The summed E-state index contributed by atoms with van der Waals surface area (Å²) in [5.41, 5.74) is 4.33. The number of nitrogens with zero attached hydrogens (tertiary/aromatic N) is 3. The van der Waals surface area contributed by atoms with Gasteiger partial charge in [0.2, 0.25) is 0 Å². The molecule has 1 heterocycles. The fourth-order valence-corrected chi connectivity index (χ4v) is 3.20. The molecule has 0 saturated heterocycles. The Hall–Kier alpha value is -2.87. The first-order valence-electron chi connectivity index (χ1n) is 9.17. The van der Waals surface area contributed by atoms with Gasteiger partial charge in [0.15, 0.2) is 0 Å². The van der Waals surface area contributed by atoms with Crippen molar-refractivity contribution < 1.29 is 4.74 Å². The third kappa shape index (κ3) is 5.30. The molecule has 0 atom stereocenters. The van der Waals surface area contributed by atoms with Crippen LogP contribution in [0.25, 0.3) is 0 Å². The fourth-order valence-electron chi connectivity index (χ4n) is 3.20. The van der Waals surface area contributed by atoms with Crippen LogP contribution in [-0.2, 0) is 24.4 Å². The Morgan fingerprint density at radius 1 is 0.963 bits per heavy atom. The summed E-state index contributed by atoms with van der Waals surface area (Å²) in [5.74, 6) is 0. The van der Waals surface area contributed by atoms with E-state index in [0.717, 1.165) is 37.3 Å². The maximum absolute atomic E-state index is 9.37. The van der Waals surface area contributed by atoms with Gasteiger partial charge in [-0.05, 0) is 29.3 Å². The van der Waals surface area contributed by atoms with E-state index >= 15 is 0 Å². The van der Waals surface area contributed by atoms with Crippen LogP contribution in [0.1, 0.15) is 22.4 Å². The molecule has 0 amide bonds. The standard InChI is InChI=1S/C23H25N3O/c1-27-15-14-25(18-22-11-6-5-10-21(22)16-24)19-23-12-7-13-26(23)17-20-8-3-2-4-9-20/h2-13H,14-15,17-19H2,1H3. The van der Waals surface area contributed by atoms with Gasteiger partial charge in [0.1, 0.15) is 0 Å². The van der Waals surface area contributed by atoms with Crippen LogP contribution in [0.15, 0.2) is 72.9 Å². The fraction of sp³-hybridized carbons (Fsp3) is 0.261. The Balaban J connectivity index is 1.75. The molecule has 0 N–H and O–H groups in total. The zero-order valence-corrected chi connectivity index (χ0v) is 15.7. The molecule has 3 rings (SSSR count). The van der Waals surface area contributed by atoms with Gasteiger partial charge in [-0.3, -0.25) is 4.90 Å². The Kier molecular flexibility index (Phi) is 6.81. The summed E-state index contributed by atoms with van der Waals surface area (Å²) in [5, 5.41) is 9.37. The van der Waals surface area contributed by atoms with Crippen LogP contribution in [-0.4, -0.2) is 29.7 Å². The van der Waals surface area contributed by atoms with Gasteiger partial charge in [0.25, 0.3) is 0 Å². The highest BCUT2D eigenvalue weighted by Gasteiger charge is 2.12. The van der Waals surface area contributed by atoms with Crippen LogP contribution in [0.2, 0.25) is 0 Å². The number of hydrogen-bond donors (Lipinski definition) is 0. The van der Waals surface area contributed by atoms with Gasteiger partial charge in [-0.25, -0.2) is 0 Å². The van der Waals surface area contributed by atoms with Crippen molar-refractivity contribution in [3.05, 3.63) is 95.3 Å². The van der Waals surface area contributed by atoms with Crippen molar-refractivity contribution in [2.75, 3.05) is 20.3 Å². The Morgan fingerprint density at radius 3 is 2.52 bits per heavy atom. The molecular weight excluding hydrogens is 334 g/mol. The van der Waals surface area contributed by atoms with E-state index < -0.39 is 0 Å². The normalized spacial score (nSPS) is 10.9. The van der Waals surface area contributed by atoms with Crippen LogP contribution in [0, 0.1) is 11.3 Å².